The molecule has 6 fully saturated rings. The molecule has 6 rings (SSSR count). The van der Waals surface area contributed by atoms with Crippen LogP contribution in [0.1, 0.15) is 196 Å². The first-order chi connectivity index (χ1) is 23.2. The Morgan fingerprint density at radius 2 is 0.583 bits per heavy atom. The first-order valence-corrected chi connectivity index (χ1v) is 22.5. The lowest BCUT2D eigenvalue weighted by Gasteiger charge is -2.53. The third-order valence-corrected chi connectivity index (χ3v) is 15.9. The summed E-state index contributed by atoms with van der Waals surface area (Å²) in [6.45, 7) is 13.9. The van der Waals surface area contributed by atoms with E-state index >= 15 is 0 Å². The number of aliphatic hydroxyl groups excluding tert-OH is 2. The van der Waals surface area contributed by atoms with E-state index in [0.29, 0.717) is 35.5 Å². The molecule has 6 saturated carbocycles. The number of rotatable bonds is 8. The van der Waals surface area contributed by atoms with E-state index in [0.717, 1.165) is 47.3 Å². The van der Waals surface area contributed by atoms with Crippen molar-refractivity contribution in [1.29, 1.82) is 0 Å². The molecule has 0 aromatic heterocycles. The molecule has 0 heterocycles. The molecule has 48 heavy (non-hydrogen) atoms. The Morgan fingerprint density at radius 3 is 0.833 bits per heavy atom. The minimum absolute atomic E-state index is 0.00101. The van der Waals surface area contributed by atoms with Crippen molar-refractivity contribution >= 4 is 0 Å². The maximum atomic E-state index is 12.4. The summed E-state index contributed by atoms with van der Waals surface area (Å²) in [5.41, 5.74) is 0. The summed E-state index contributed by atoms with van der Waals surface area (Å²) in [7, 11) is 0. The van der Waals surface area contributed by atoms with Crippen LogP contribution < -0.4 is 0 Å². The second kappa shape index (κ2) is 19.1. The zero-order chi connectivity index (χ0) is 34.2. The second-order valence-corrected chi connectivity index (χ2v) is 20.0. The Bertz CT molecular complexity index is 768. The third kappa shape index (κ3) is 10.1. The van der Waals surface area contributed by atoms with Crippen molar-refractivity contribution in [1.82, 2.24) is 0 Å². The lowest BCUT2D eigenvalue weighted by Crippen LogP contribution is -2.50. The molecule has 2 heteroatoms. The van der Waals surface area contributed by atoms with E-state index in [1.807, 2.05) is 0 Å². The zero-order valence-electron chi connectivity index (χ0n) is 33.1. The van der Waals surface area contributed by atoms with E-state index in [1.165, 1.54) is 154 Å². The van der Waals surface area contributed by atoms with Gasteiger partial charge in [-0.15, -0.1) is 0 Å². The van der Waals surface area contributed by atoms with Gasteiger partial charge in [0, 0.05) is 0 Å². The van der Waals surface area contributed by atoms with E-state index < -0.39 is 0 Å². The molecular formula is C46H84O2. The average Bonchev–Trinajstić information content (AvgIpc) is 3.10. The summed E-state index contributed by atoms with van der Waals surface area (Å²) in [4.78, 5) is 0. The van der Waals surface area contributed by atoms with Crippen molar-refractivity contribution < 1.29 is 10.2 Å². The number of aliphatic hydroxyl groups is 2. The molecule has 0 amide bonds. The smallest absolute Gasteiger partial charge is 0.0602 e. The van der Waals surface area contributed by atoms with Gasteiger partial charge >= 0.3 is 0 Å². The molecule has 0 radical (unpaired) electrons. The minimum atomic E-state index is -0.0637. The van der Waals surface area contributed by atoms with Crippen molar-refractivity contribution in [2.24, 2.45) is 82.9 Å². The van der Waals surface area contributed by atoms with Gasteiger partial charge in [0.05, 0.1) is 12.2 Å². The quantitative estimate of drug-likeness (QED) is 0.270. The predicted molar refractivity (Wildman–Crippen MR) is 206 cm³/mol. The van der Waals surface area contributed by atoms with Crippen LogP contribution in [-0.2, 0) is 0 Å². The van der Waals surface area contributed by atoms with Crippen LogP contribution in [0.5, 0.6) is 0 Å². The maximum absolute atomic E-state index is 12.4. The zero-order valence-corrected chi connectivity index (χ0v) is 33.1. The van der Waals surface area contributed by atoms with Crippen LogP contribution in [0.4, 0.5) is 0 Å². The Labute approximate surface area is 300 Å². The summed E-state index contributed by atoms with van der Waals surface area (Å²) >= 11 is 0. The van der Waals surface area contributed by atoms with Crippen LogP contribution in [0, 0.1) is 82.9 Å². The molecule has 0 aromatic carbocycles. The third-order valence-electron chi connectivity index (χ3n) is 15.9. The van der Waals surface area contributed by atoms with Gasteiger partial charge in [-0.05, 0) is 109 Å². The van der Waals surface area contributed by atoms with Gasteiger partial charge in [-0.3, -0.25) is 0 Å². The van der Waals surface area contributed by atoms with E-state index in [1.54, 1.807) is 0 Å². The van der Waals surface area contributed by atoms with Gasteiger partial charge in [-0.1, -0.05) is 170 Å². The Hall–Kier alpha value is -0.0800. The van der Waals surface area contributed by atoms with Gasteiger partial charge in [-0.2, -0.15) is 0 Å². The SMILES string of the molecule is CC1CC(C(C)C)C(O)C(C(C)C)C1.CC1CC(C(C2CCCCC2)C2CCCCC2)C(O)C(C(C2CCCCC2)C2CCCCC2)C1. The molecule has 6 aliphatic rings. The fourth-order valence-corrected chi connectivity index (χ4v) is 13.6. The first kappa shape index (κ1) is 39.1. The summed E-state index contributed by atoms with van der Waals surface area (Å²) in [5, 5.41) is 22.7. The van der Waals surface area contributed by atoms with Crippen LogP contribution >= 0.6 is 0 Å². The Balaban J connectivity index is 0.000000271. The van der Waals surface area contributed by atoms with Gasteiger partial charge in [0.15, 0.2) is 0 Å². The molecule has 2 nitrogen and oxygen atoms in total. The molecular weight excluding hydrogens is 585 g/mol. The van der Waals surface area contributed by atoms with Gasteiger partial charge in [0.1, 0.15) is 0 Å². The summed E-state index contributed by atoms with van der Waals surface area (Å²) in [5.74, 6) is 10.5. The fourth-order valence-electron chi connectivity index (χ4n) is 13.6. The van der Waals surface area contributed by atoms with Gasteiger partial charge in [-0.25, -0.2) is 0 Å². The van der Waals surface area contributed by atoms with Crippen LogP contribution in [-0.4, -0.2) is 22.4 Å². The molecule has 0 aliphatic heterocycles. The lowest BCUT2D eigenvalue weighted by atomic mass is 9.54. The van der Waals surface area contributed by atoms with Crippen LogP contribution in [0.15, 0.2) is 0 Å². The van der Waals surface area contributed by atoms with E-state index in [2.05, 4.69) is 41.5 Å². The monoisotopic (exact) mass is 669 g/mol. The molecule has 0 saturated heterocycles. The van der Waals surface area contributed by atoms with Crippen LogP contribution in [0.3, 0.4) is 0 Å². The summed E-state index contributed by atoms with van der Waals surface area (Å²) < 4.78 is 0. The number of hydrogen-bond donors (Lipinski definition) is 2. The van der Waals surface area contributed by atoms with E-state index in [9.17, 15) is 10.2 Å². The van der Waals surface area contributed by atoms with Crippen molar-refractivity contribution in [3.8, 4) is 0 Å². The molecule has 0 spiro atoms. The average molecular weight is 669 g/mol. The van der Waals surface area contributed by atoms with Gasteiger partial charge in [0.2, 0.25) is 0 Å². The summed E-state index contributed by atoms with van der Waals surface area (Å²) in [6.07, 6.45) is 34.3. The minimum Gasteiger partial charge on any atom is -0.393 e. The van der Waals surface area contributed by atoms with E-state index in [-0.39, 0.29) is 12.2 Å². The molecule has 6 aliphatic carbocycles. The highest BCUT2D eigenvalue weighted by molar-refractivity contribution is 4.99. The highest BCUT2D eigenvalue weighted by atomic mass is 16.3. The largest absolute Gasteiger partial charge is 0.393 e. The highest BCUT2D eigenvalue weighted by Gasteiger charge is 2.49. The second-order valence-electron chi connectivity index (χ2n) is 20.0. The van der Waals surface area contributed by atoms with Gasteiger partial charge < -0.3 is 10.2 Å². The number of hydrogen-bond acceptors (Lipinski definition) is 2. The molecule has 4 unspecified atom stereocenters. The van der Waals surface area contributed by atoms with Crippen molar-refractivity contribution in [3.05, 3.63) is 0 Å². The van der Waals surface area contributed by atoms with Gasteiger partial charge in [0.25, 0.3) is 0 Å². The Morgan fingerprint density at radius 1 is 0.354 bits per heavy atom. The first-order valence-electron chi connectivity index (χ1n) is 22.5. The molecule has 4 atom stereocenters. The highest BCUT2D eigenvalue weighted by Crippen LogP contribution is 2.54. The molecule has 280 valence electrons. The fraction of sp³-hybridized carbons (Fsp3) is 1.00. The normalized spacial score (nSPS) is 37.2. The maximum Gasteiger partial charge on any atom is 0.0602 e. The molecule has 0 bridgehead atoms. The standard InChI is InChI=1S/C33H58O.C13H26O/c1-24-22-29(31(25-14-6-2-7-15-25)26-16-8-3-9-17-26)33(34)30(23-24)32(27-18-10-4-11-19-27)28-20-12-5-13-21-28;1-8(2)11-6-10(5)7-12(9(3)4)13(11)14/h24-34H,2-23H2,1H3;8-14H,6-7H2,1-5H3. The molecule has 0 aromatic rings. The predicted octanol–water partition coefficient (Wildman–Crippen LogP) is 12.9. The van der Waals surface area contributed by atoms with Crippen molar-refractivity contribution in [3.63, 3.8) is 0 Å². The van der Waals surface area contributed by atoms with Crippen molar-refractivity contribution in [2.45, 2.75) is 208 Å². The summed E-state index contributed by atoms with van der Waals surface area (Å²) in [6, 6.07) is 0. The molecule has 2 N–H and O–H groups in total. The van der Waals surface area contributed by atoms with Crippen LogP contribution in [0.25, 0.3) is 0 Å². The topological polar surface area (TPSA) is 40.5 Å². The van der Waals surface area contributed by atoms with Crippen LogP contribution in [0.2, 0.25) is 0 Å². The Kier molecular flexibility index (Phi) is 15.6. The van der Waals surface area contributed by atoms with Crippen molar-refractivity contribution in [2.75, 3.05) is 0 Å². The lowest BCUT2D eigenvalue weighted by molar-refractivity contribution is -0.100. The van der Waals surface area contributed by atoms with E-state index in [4.69, 9.17) is 0 Å².